The molecule has 0 amide bonds. The van der Waals surface area contributed by atoms with Gasteiger partial charge in [0.15, 0.2) is 0 Å². The van der Waals surface area contributed by atoms with Crippen molar-refractivity contribution in [3.05, 3.63) is 60.7 Å². The maximum Gasteiger partial charge on any atom is 0.137 e. The van der Waals surface area contributed by atoms with E-state index in [-0.39, 0.29) is 0 Å². The Bertz CT molecular complexity index is 769. The molecule has 24 heavy (non-hydrogen) atoms. The van der Waals surface area contributed by atoms with Gasteiger partial charge in [-0.25, -0.2) is 19.3 Å². The molecule has 0 spiro atoms. The summed E-state index contributed by atoms with van der Waals surface area (Å²) in [6.07, 6.45) is 6.25. The maximum absolute atomic E-state index is 9.23. The van der Waals surface area contributed by atoms with Crippen molar-refractivity contribution in [1.29, 1.82) is 5.26 Å². The van der Waals surface area contributed by atoms with Crippen LogP contribution in [0.5, 0.6) is 0 Å². The fourth-order valence-electron chi connectivity index (χ4n) is 2.71. The minimum Gasteiger partial charge on any atom is -0.367 e. The molecule has 0 unspecified atom stereocenters. The van der Waals surface area contributed by atoms with Crippen molar-refractivity contribution in [1.82, 2.24) is 29.5 Å². The van der Waals surface area contributed by atoms with Crippen LogP contribution in [0, 0.1) is 11.3 Å². The molecule has 2 heterocycles. The lowest BCUT2D eigenvalue weighted by Crippen LogP contribution is -2.40. The summed E-state index contributed by atoms with van der Waals surface area (Å²) < 4.78 is 9.60. The highest BCUT2D eigenvalue weighted by Crippen LogP contribution is 2.30. The van der Waals surface area contributed by atoms with E-state index in [4.69, 9.17) is 4.74 Å². The molecule has 3 rings (SSSR count). The van der Waals surface area contributed by atoms with E-state index in [9.17, 15) is 5.26 Å². The molecule has 8 nitrogen and oxygen atoms in total. The highest BCUT2D eigenvalue weighted by Gasteiger charge is 2.35. The Morgan fingerprint density at radius 1 is 1.12 bits per heavy atom. The standard InChI is InChI=1S/C16H17N7O/c1-2-24-16(8-22-12-18-10-20-22,9-23-13-19-11-21-23)15-5-3-4-14(6-15)7-17/h3-6,10-13H,2,8-9H2,1H3. The first kappa shape index (κ1) is 15.8. The third kappa shape index (κ3) is 3.31. The number of benzene rings is 1. The van der Waals surface area contributed by atoms with Crippen molar-refractivity contribution in [3.8, 4) is 6.07 Å². The quantitative estimate of drug-likeness (QED) is 0.652. The largest absolute Gasteiger partial charge is 0.367 e. The van der Waals surface area contributed by atoms with E-state index in [0.29, 0.717) is 25.3 Å². The molecule has 0 fully saturated rings. The highest BCUT2D eigenvalue weighted by atomic mass is 16.5. The number of aromatic nitrogens is 6. The molecule has 0 N–H and O–H groups in total. The lowest BCUT2D eigenvalue weighted by atomic mass is 9.91. The van der Waals surface area contributed by atoms with Gasteiger partial charge in [-0.2, -0.15) is 15.5 Å². The maximum atomic E-state index is 9.23. The minimum atomic E-state index is -0.747. The Morgan fingerprint density at radius 3 is 2.29 bits per heavy atom. The van der Waals surface area contributed by atoms with Crippen molar-refractivity contribution in [3.63, 3.8) is 0 Å². The zero-order chi connectivity index (χ0) is 16.8. The summed E-state index contributed by atoms with van der Waals surface area (Å²) in [5.41, 5.74) is 0.714. The van der Waals surface area contributed by atoms with Crippen LogP contribution in [0.4, 0.5) is 0 Å². The van der Waals surface area contributed by atoms with Crippen LogP contribution in [-0.2, 0) is 23.4 Å². The Hall–Kier alpha value is -3.05. The van der Waals surface area contributed by atoms with Crippen LogP contribution < -0.4 is 0 Å². The summed E-state index contributed by atoms with van der Waals surface area (Å²) in [7, 11) is 0. The zero-order valence-corrected chi connectivity index (χ0v) is 13.3. The Labute approximate surface area is 139 Å². The van der Waals surface area contributed by atoms with E-state index in [1.807, 2.05) is 25.1 Å². The van der Waals surface area contributed by atoms with Gasteiger partial charge in [0.2, 0.25) is 0 Å². The Kier molecular flexibility index (Phi) is 4.63. The summed E-state index contributed by atoms with van der Waals surface area (Å²) in [5.74, 6) is 0. The second kappa shape index (κ2) is 7.02. The van der Waals surface area contributed by atoms with Crippen molar-refractivity contribution >= 4 is 0 Å². The van der Waals surface area contributed by atoms with Crippen LogP contribution in [0.25, 0.3) is 0 Å². The lowest BCUT2D eigenvalue weighted by molar-refractivity contribution is -0.0741. The molecule has 0 atom stereocenters. The van der Waals surface area contributed by atoms with Gasteiger partial charge in [0, 0.05) is 6.61 Å². The fourth-order valence-corrected chi connectivity index (χ4v) is 2.71. The van der Waals surface area contributed by atoms with Gasteiger partial charge in [0.25, 0.3) is 0 Å². The molecule has 0 saturated carbocycles. The Balaban J connectivity index is 2.06. The van der Waals surface area contributed by atoms with Crippen molar-refractivity contribution in [2.24, 2.45) is 0 Å². The van der Waals surface area contributed by atoms with Crippen LogP contribution in [0.15, 0.2) is 49.6 Å². The van der Waals surface area contributed by atoms with E-state index < -0.39 is 5.60 Å². The molecule has 0 bridgehead atoms. The van der Waals surface area contributed by atoms with E-state index in [0.717, 1.165) is 5.56 Å². The molecule has 8 heteroatoms. The van der Waals surface area contributed by atoms with Crippen molar-refractivity contribution in [2.45, 2.75) is 25.6 Å². The van der Waals surface area contributed by atoms with Crippen LogP contribution in [0.2, 0.25) is 0 Å². The van der Waals surface area contributed by atoms with E-state index >= 15 is 0 Å². The monoisotopic (exact) mass is 323 g/mol. The van der Waals surface area contributed by atoms with Gasteiger partial charge in [0.1, 0.15) is 30.9 Å². The molecular weight excluding hydrogens is 306 g/mol. The zero-order valence-electron chi connectivity index (χ0n) is 13.3. The van der Waals surface area contributed by atoms with E-state index in [1.165, 1.54) is 12.7 Å². The van der Waals surface area contributed by atoms with Crippen molar-refractivity contribution < 1.29 is 4.74 Å². The molecule has 0 radical (unpaired) electrons. The molecule has 0 aliphatic carbocycles. The van der Waals surface area contributed by atoms with E-state index in [2.05, 4.69) is 26.2 Å². The summed E-state index contributed by atoms with van der Waals surface area (Å²) >= 11 is 0. The van der Waals surface area contributed by atoms with Gasteiger partial charge >= 0.3 is 0 Å². The van der Waals surface area contributed by atoms with Crippen LogP contribution in [0.1, 0.15) is 18.1 Å². The third-order valence-corrected chi connectivity index (χ3v) is 3.71. The predicted octanol–water partition coefficient (Wildman–Crippen LogP) is 1.37. The molecule has 0 aliphatic rings. The lowest BCUT2D eigenvalue weighted by Gasteiger charge is -2.34. The smallest absolute Gasteiger partial charge is 0.137 e. The summed E-state index contributed by atoms with van der Waals surface area (Å²) in [6.45, 7) is 3.32. The number of nitrogens with zero attached hydrogens (tertiary/aromatic N) is 7. The number of nitriles is 1. The average Bonchev–Trinajstić information content (AvgIpc) is 3.29. The summed E-state index contributed by atoms with van der Waals surface area (Å²) in [6, 6.07) is 9.58. The van der Waals surface area contributed by atoms with Gasteiger partial charge in [-0.1, -0.05) is 12.1 Å². The number of rotatable bonds is 7. The Morgan fingerprint density at radius 2 is 1.79 bits per heavy atom. The highest BCUT2D eigenvalue weighted by molar-refractivity contribution is 5.35. The first-order valence-electron chi connectivity index (χ1n) is 7.55. The average molecular weight is 323 g/mol. The molecule has 0 saturated heterocycles. The topological polar surface area (TPSA) is 94.4 Å². The second-order valence-corrected chi connectivity index (χ2v) is 5.31. The minimum absolute atomic E-state index is 0.440. The van der Waals surface area contributed by atoms with Crippen molar-refractivity contribution in [2.75, 3.05) is 6.61 Å². The summed E-state index contributed by atoms with van der Waals surface area (Å²) in [5, 5.41) is 17.6. The van der Waals surface area contributed by atoms with Crippen LogP contribution in [0.3, 0.4) is 0 Å². The van der Waals surface area contributed by atoms with Gasteiger partial charge in [-0.05, 0) is 24.6 Å². The number of hydrogen-bond acceptors (Lipinski definition) is 6. The molecule has 2 aromatic heterocycles. The normalized spacial score (nSPS) is 11.3. The summed E-state index contributed by atoms with van der Waals surface area (Å²) in [4.78, 5) is 8.00. The molecule has 122 valence electrons. The third-order valence-electron chi connectivity index (χ3n) is 3.71. The first-order valence-corrected chi connectivity index (χ1v) is 7.55. The SMILES string of the molecule is CCOC(Cn1cncn1)(Cn1cncn1)c1cccc(C#N)c1. The molecular formula is C16H17N7O. The van der Waals surface area contributed by atoms with Gasteiger partial charge in [0.05, 0.1) is 24.7 Å². The fraction of sp³-hybridized carbons (Fsp3) is 0.312. The molecule has 1 aromatic carbocycles. The number of hydrogen-bond donors (Lipinski definition) is 0. The van der Waals surface area contributed by atoms with Gasteiger partial charge < -0.3 is 4.74 Å². The van der Waals surface area contributed by atoms with E-state index in [1.54, 1.807) is 28.1 Å². The van der Waals surface area contributed by atoms with Crippen LogP contribution in [-0.4, -0.2) is 36.1 Å². The van der Waals surface area contributed by atoms with Gasteiger partial charge in [-0.15, -0.1) is 0 Å². The van der Waals surface area contributed by atoms with Crippen LogP contribution >= 0.6 is 0 Å². The first-order chi connectivity index (χ1) is 11.8. The number of ether oxygens (including phenoxy) is 1. The second-order valence-electron chi connectivity index (χ2n) is 5.31. The van der Waals surface area contributed by atoms with Gasteiger partial charge in [-0.3, -0.25) is 0 Å². The molecule has 0 aliphatic heterocycles. The predicted molar refractivity (Wildman–Crippen MR) is 84.5 cm³/mol. The molecule has 3 aromatic rings.